The molecular weight excluding hydrogens is 521 g/mol. The van der Waals surface area contributed by atoms with Crippen molar-refractivity contribution in [1.82, 2.24) is 15.2 Å². The average Bonchev–Trinajstić information content (AvgIpc) is 2.85. The van der Waals surface area contributed by atoms with Gasteiger partial charge in [0.05, 0.1) is 32.0 Å². The van der Waals surface area contributed by atoms with E-state index in [2.05, 4.69) is 31.2 Å². The number of likely N-dealkylation sites (tertiary alicyclic amines) is 1. The lowest BCUT2D eigenvalue weighted by Crippen LogP contribution is -2.47. The lowest BCUT2D eigenvalue weighted by atomic mass is 10.1. The number of aromatic nitrogens is 1. The average molecular weight is 559 g/mol. The number of aliphatic imine (C=N–C) groups is 1. The van der Waals surface area contributed by atoms with Crippen LogP contribution in [0.15, 0.2) is 23.3 Å². The molecule has 1 aromatic rings. The number of hydrogen-bond acceptors (Lipinski definition) is 6. The predicted molar refractivity (Wildman–Crippen MR) is 137 cm³/mol. The Balaban J connectivity index is 0.00000289. The van der Waals surface area contributed by atoms with E-state index in [9.17, 15) is 0 Å². The first-order valence-electron chi connectivity index (χ1n) is 11.8. The number of rotatable bonds is 6. The Morgan fingerprint density at radius 3 is 2.69 bits per heavy atom. The molecule has 3 aliphatic rings. The van der Waals surface area contributed by atoms with Crippen molar-refractivity contribution in [3.8, 4) is 0 Å². The molecule has 1 N–H and O–H groups in total. The number of halogens is 1. The highest BCUT2D eigenvalue weighted by Crippen LogP contribution is 2.20. The van der Waals surface area contributed by atoms with Crippen molar-refractivity contribution in [2.24, 2.45) is 4.99 Å². The Morgan fingerprint density at radius 2 is 1.97 bits per heavy atom. The molecule has 32 heavy (non-hydrogen) atoms. The lowest BCUT2D eigenvalue weighted by Gasteiger charge is -2.35. The van der Waals surface area contributed by atoms with E-state index in [-0.39, 0.29) is 24.0 Å². The second kappa shape index (κ2) is 13.5. The van der Waals surface area contributed by atoms with Crippen molar-refractivity contribution < 1.29 is 14.2 Å². The lowest BCUT2D eigenvalue weighted by molar-refractivity contribution is -0.0721. The molecule has 0 amide bonds. The molecule has 4 heterocycles. The molecular formula is C23H38IN5O3. The normalized spacial score (nSPS) is 23.0. The number of piperidine rings is 1. The van der Waals surface area contributed by atoms with Crippen LogP contribution in [0.4, 0.5) is 5.82 Å². The first-order chi connectivity index (χ1) is 15.3. The summed E-state index contributed by atoms with van der Waals surface area (Å²) in [5.41, 5.74) is 1.19. The maximum Gasteiger partial charge on any atom is 0.193 e. The fourth-order valence-corrected chi connectivity index (χ4v) is 4.55. The van der Waals surface area contributed by atoms with Crippen LogP contribution in [0.2, 0.25) is 0 Å². The minimum atomic E-state index is 0. The summed E-state index contributed by atoms with van der Waals surface area (Å²) < 4.78 is 17.4. The third-order valence-electron chi connectivity index (χ3n) is 6.36. The molecule has 3 fully saturated rings. The maximum atomic E-state index is 6.16. The van der Waals surface area contributed by atoms with Crippen LogP contribution in [0.3, 0.4) is 0 Å². The van der Waals surface area contributed by atoms with Gasteiger partial charge in [0, 0.05) is 58.1 Å². The van der Waals surface area contributed by atoms with Crippen molar-refractivity contribution in [2.75, 3.05) is 64.6 Å². The summed E-state index contributed by atoms with van der Waals surface area (Å²) in [7, 11) is 1.86. The molecule has 0 aromatic carbocycles. The van der Waals surface area contributed by atoms with Crippen LogP contribution in [0.1, 0.15) is 37.7 Å². The molecule has 1 aromatic heterocycles. The second-order valence-corrected chi connectivity index (χ2v) is 8.49. The highest BCUT2D eigenvalue weighted by Gasteiger charge is 2.24. The number of nitrogens with one attached hydrogen (secondary N) is 1. The molecule has 0 bridgehead atoms. The van der Waals surface area contributed by atoms with Crippen molar-refractivity contribution in [3.63, 3.8) is 0 Å². The SMILES string of the molecule is CN=C(NCc1cccnc1N1CCOCC1)N1CCC(OCC2CCCCO2)CC1.I. The summed E-state index contributed by atoms with van der Waals surface area (Å²) in [4.78, 5) is 13.8. The van der Waals surface area contributed by atoms with Gasteiger partial charge in [0.25, 0.3) is 0 Å². The number of guanidine groups is 1. The number of pyridine rings is 1. The number of ether oxygens (including phenoxy) is 3. The zero-order valence-electron chi connectivity index (χ0n) is 19.2. The van der Waals surface area contributed by atoms with Gasteiger partial charge in [0.15, 0.2) is 5.96 Å². The van der Waals surface area contributed by atoms with Crippen molar-refractivity contribution in [2.45, 2.75) is 50.9 Å². The summed E-state index contributed by atoms with van der Waals surface area (Å²) in [6, 6.07) is 4.15. The Kier molecular flexibility index (Phi) is 10.8. The summed E-state index contributed by atoms with van der Waals surface area (Å²) in [5, 5.41) is 3.55. The smallest absolute Gasteiger partial charge is 0.193 e. The van der Waals surface area contributed by atoms with Crippen molar-refractivity contribution in [1.29, 1.82) is 0 Å². The molecule has 3 saturated heterocycles. The van der Waals surface area contributed by atoms with E-state index in [1.165, 1.54) is 18.4 Å². The summed E-state index contributed by atoms with van der Waals surface area (Å²) in [6.07, 6.45) is 8.13. The van der Waals surface area contributed by atoms with Gasteiger partial charge in [-0.2, -0.15) is 0 Å². The highest BCUT2D eigenvalue weighted by atomic mass is 127. The van der Waals surface area contributed by atoms with Crippen LogP contribution in [0, 0.1) is 0 Å². The molecule has 180 valence electrons. The predicted octanol–water partition coefficient (Wildman–Crippen LogP) is 2.66. The molecule has 0 spiro atoms. The van der Waals surface area contributed by atoms with Gasteiger partial charge in [-0.25, -0.2) is 4.98 Å². The Hall–Kier alpha value is -1.17. The highest BCUT2D eigenvalue weighted by molar-refractivity contribution is 14.0. The Morgan fingerprint density at radius 1 is 1.16 bits per heavy atom. The summed E-state index contributed by atoms with van der Waals surface area (Å²) >= 11 is 0. The molecule has 0 aliphatic carbocycles. The van der Waals surface area contributed by atoms with Gasteiger partial charge in [-0.1, -0.05) is 6.07 Å². The topological polar surface area (TPSA) is 71.5 Å². The van der Waals surface area contributed by atoms with E-state index < -0.39 is 0 Å². The van der Waals surface area contributed by atoms with Crippen LogP contribution < -0.4 is 10.2 Å². The van der Waals surface area contributed by atoms with Crippen LogP contribution >= 0.6 is 24.0 Å². The zero-order chi connectivity index (χ0) is 21.3. The van der Waals surface area contributed by atoms with Crippen LogP contribution in [0.5, 0.6) is 0 Å². The molecule has 0 radical (unpaired) electrons. The van der Waals surface area contributed by atoms with E-state index in [0.717, 1.165) is 83.6 Å². The quantitative estimate of drug-likeness (QED) is 0.327. The Bertz CT molecular complexity index is 703. The van der Waals surface area contributed by atoms with Crippen LogP contribution in [0.25, 0.3) is 0 Å². The monoisotopic (exact) mass is 559 g/mol. The van der Waals surface area contributed by atoms with Crippen molar-refractivity contribution >= 4 is 35.8 Å². The van der Waals surface area contributed by atoms with Gasteiger partial charge in [-0.15, -0.1) is 24.0 Å². The maximum absolute atomic E-state index is 6.16. The zero-order valence-corrected chi connectivity index (χ0v) is 21.5. The number of nitrogens with zero attached hydrogens (tertiary/aromatic N) is 4. The summed E-state index contributed by atoms with van der Waals surface area (Å²) in [5.74, 6) is 2.00. The third kappa shape index (κ3) is 7.16. The number of anilines is 1. The molecule has 3 aliphatic heterocycles. The fraction of sp³-hybridized carbons (Fsp3) is 0.739. The standard InChI is InChI=1S/C23H37N5O3.HI/c1-24-23(26-17-19-5-4-9-25-22(19)27-12-15-29-16-13-27)28-10-7-20(8-11-28)31-18-21-6-2-3-14-30-21;/h4-5,9,20-21H,2-3,6-8,10-18H2,1H3,(H,24,26);1H. The van der Waals surface area contributed by atoms with Gasteiger partial charge in [-0.3, -0.25) is 4.99 Å². The molecule has 4 rings (SSSR count). The van der Waals surface area contributed by atoms with Gasteiger partial charge in [0.1, 0.15) is 5.82 Å². The molecule has 1 atom stereocenters. The Labute approximate surface area is 209 Å². The van der Waals surface area contributed by atoms with E-state index in [1.807, 2.05) is 19.3 Å². The minimum absolute atomic E-state index is 0. The largest absolute Gasteiger partial charge is 0.378 e. The van der Waals surface area contributed by atoms with Crippen LogP contribution in [-0.4, -0.2) is 87.7 Å². The molecule has 8 nitrogen and oxygen atoms in total. The van der Waals surface area contributed by atoms with E-state index >= 15 is 0 Å². The van der Waals surface area contributed by atoms with Gasteiger partial charge < -0.3 is 29.3 Å². The molecule has 0 saturated carbocycles. The van der Waals surface area contributed by atoms with Gasteiger partial charge >= 0.3 is 0 Å². The van der Waals surface area contributed by atoms with Gasteiger partial charge in [-0.05, 0) is 38.2 Å². The van der Waals surface area contributed by atoms with Crippen molar-refractivity contribution in [3.05, 3.63) is 23.9 Å². The fourth-order valence-electron chi connectivity index (χ4n) is 4.55. The molecule has 1 unspecified atom stereocenters. The van der Waals surface area contributed by atoms with E-state index in [1.54, 1.807) is 0 Å². The number of morpholine rings is 1. The minimum Gasteiger partial charge on any atom is -0.378 e. The van der Waals surface area contributed by atoms with Crippen LogP contribution in [-0.2, 0) is 20.8 Å². The first-order valence-corrected chi connectivity index (χ1v) is 11.8. The van der Waals surface area contributed by atoms with Gasteiger partial charge in [0.2, 0.25) is 0 Å². The third-order valence-corrected chi connectivity index (χ3v) is 6.36. The van der Waals surface area contributed by atoms with E-state index in [4.69, 9.17) is 14.2 Å². The number of hydrogen-bond donors (Lipinski definition) is 1. The second-order valence-electron chi connectivity index (χ2n) is 8.49. The van der Waals surface area contributed by atoms with E-state index in [0.29, 0.717) is 18.8 Å². The summed E-state index contributed by atoms with van der Waals surface area (Å²) in [6.45, 7) is 7.54. The molecule has 9 heteroatoms. The first kappa shape index (κ1) is 25.5.